The lowest BCUT2D eigenvalue weighted by Gasteiger charge is -2.09. The molecule has 128 valence electrons. The van der Waals surface area contributed by atoms with Gasteiger partial charge in [0.2, 0.25) is 0 Å². The lowest BCUT2D eigenvalue weighted by molar-refractivity contribution is 0.415. The fourth-order valence-corrected chi connectivity index (χ4v) is 4.15. The van der Waals surface area contributed by atoms with Crippen molar-refractivity contribution in [3.05, 3.63) is 59.1 Å². The molecule has 4 rings (SSSR count). The molecule has 4 nitrogen and oxygen atoms in total. The van der Waals surface area contributed by atoms with E-state index in [0.717, 1.165) is 49.6 Å². The van der Waals surface area contributed by atoms with Gasteiger partial charge < -0.3 is 4.74 Å². The Morgan fingerprint density at radius 1 is 1.04 bits per heavy atom. The molecule has 4 aromatic rings. The Morgan fingerprint density at radius 2 is 1.77 bits per heavy atom. The lowest BCUT2D eigenvalue weighted by atomic mass is 9.97. The van der Waals surface area contributed by atoms with E-state index in [9.17, 15) is 5.26 Å². The number of aryl methyl sites for hydroxylation is 2. The normalized spacial score (nSPS) is 10.8. The van der Waals surface area contributed by atoms with Gasteiger partial charge >= 0.3 is 0 Å². The van der Waals surface area contributed by atoms with Crippen LogP contribution in [0.3, 0.4) is 0 Å². The zero-order valence-electron chi connectivity index (χ0n) is 14.8. The van der Waals surface area contributed by atoms with Gasteiger partial charge in [0.05, 0.1) is 24.0 Å². The molecular weight excluding hydrogens is 342 g/mol. The van der Waals surface area contributed by atoms with Crippen molar-refractivity contribution in [2.45, 2.75) is 13.8 Å². The van der Waals surface area contributed by atoms with Gasteiger partial charge in [0.1, 0.15) is 5.75 Å². The van der Waals surface area contributed by atoms with Gasteiger partial charge in [-0.25, -0.2) is 4.57 Å². The first-order valence-corrected chi connectivity index (χ1v) is 9.04. The Morgan fingerprint density at radius 3 is 2.38 bits per heavy atom. The maximum atomic E-state index is 9.92. The number of methoxy groups -OCH3 is 1. The second kappa shape index (κ2) is 6.32. The van der Waals surface area contributed by atoms with Crippen LogP contribution < -0.4 is 4.74 Å². The van der Waals surface area contributed by atoms with Crippen molar-refractivity contribution in [2.24, 2.45) is 0 Å². The summed E-state index contributed by atoms with van der Waals surface area (Å²) in [5.74, 6) is 0.809. The Labute approximate surface area is 156 Å². The van der Waals surface area contributed by atoms with E-state index in [2.05, 4.69) is 23.6 Å². The molecule has 0 spiro atoms. The highest BCUT2D eigenvalue weighted by atomic mass is 32.1. The molecule has 2 aromatic carbocycles. The van der Waals surface area contributed by atoms with Crippen LogP contribution in [0.15, 0.2) is 48.5 Å². The first kappa shape index (κ1) is 16.4. The van der Waals surface area contributed by atoms with Crippen LogP contribution in [0.1, 0.15) is 10.6 Å². The molecule has 2 heterocycles. The molecule has 0 radical (unpaired) electrons. The fourth-order valence-electron chi connectivity index (χ4n) is 3.45. The summed E-state index contributed by atoms with van der Waals surface area (Å²) in [5, 5.41) is 11.0. The third-order valence-corrected chi connectivity index (χ3v) is 5.47. The number of nitrogens with zero attached hydrogens (tertiary/aromatic N) is 3. The van der Waals surface area contributed by atoms with E-state index in [0.29, 0.717) is 0 Å². The zero-order chi connectivity index (χ0) is 18.3. The minimum atomic E-state index is 0.809. The first-order valence-electron chi connectivity index (χ1n) is 8.27. The standard InChI is InChI=1S/C21H17N3OS/c1-13-19(14(2)26-23-13)21-20(15-8-10-16(25-3)11-9-15)17-6-4-5-7-18(17)24(21)12-22/h4-11H,1-3H3. The van der Waals surface area contributed by atoms with Gasteiger partial charge in [0.15, 0.2) is 6.19 Å². The topological polar surface area (TPSA) is 50.8 Å². The van der Waals surface area contributed by atoms with Gasteiger partial charge in [-0.1, -0.05) is 30.3 Å². The molecule has 0 aliphatic heterocycles. The Bertz CT molecular complexity index is 1130. The van der Waals surface area contributed by atoms with Crippen molar-refractivity contribution < 1.29 is 4.74 Å². The lowest BCUT2D eigenvalue weighted by Crippen LogP contribution is -1.95. The molecule has 5 heteroatoms. The molecule has 0 saturated heterocycles. The molecule has 0 unspecified atom stereocenters. The summed E-state index contributed by atoms with van der Waals surface area (Å²) in [6.07, 6.45) is 2.36. The second-order valence-corrected chi connectivity index (χ2v) is 7.08. The number of benzene rings is 2. The van der Waals surface area contributed by atoms with E-state index in [1.54, 1.807) is 11.7 Å². The van der Waals surface area contributed by atoms with E-state index in [1.165, 1.54) is 11.5 Å². The van der Waals surface area contributed by atoms with E-state index in [4.69, 9.17) is 4.74 Å². The van der Waals surface area contributed by atoms with Gasteiger partial charge in [-0.15, -0.1) is 0 Å². The molecule has 2 aromatic heterocycles. The summed E-state index contributed by atoms with van der Waals surface area (Å²) in [7, 11) is 1.66. The minimum Gasteiger partial charge on any atom is -0.497 e. The highest BCUT2D eigenvalue weighted by Crippen LogP contribution is 2.43. The molecule has 0 fully saturated rings. The number of para-hydroxylation sites is 1. The molecule has 0 saturated carbocycles. The zero-order valence-corrected chi connectivity index (χ0v) is 15.6. The summed E-state index contributed by atoms with van der Waals surface area (Å²) in [5.41, 5.74) is 5.90. The average molecular weight is 359 g/mol. The molecule has 0 bridgehead atoms. The number of hydrogen-bond acceptors (Lipinski definition) is 4. The van der Waals surface area contributed by atoms with Crippen LogP contribution in [0.2, 0.25) is 0 Å². The fraction of sp³-hybridized carbons (Fsp3) is 0.143. The number of ether oxygens (including phenoxy) is 1. The Kier molecular flexibility index (Phi) is 3.98. The molecule has 0 aliphatic carbocycles. The Hall–Kier alpha value is -3.10. The Balaban J connectivity index is 2.14. The maximum Gasteiger partial charge on any atom is 0.189 e. The van der Waals surface area contributed by atoms with E-state index >= 15 is 0 Å². The van der Waals surface area contributed by atoms with Crippen LogP contribution >= 0.6 is 11.5 Å². The number of hydrogen-bond donors (Lipinski definition) is 0. The predicted octanol–water partition coefficient (Wildman–Crippen LogP) is 5.39. The van der Waals surface area contributed by atoms with Crippen molar-refractivity contribution in [1.29, 1.82) is 5.26 Å². The van der Waals surface area contributed by atoms with Crippen molar-refractivity contribution in [3.8, 4) is 34.3 Å². The van der Waals surface area contributed by atoms with Gasteiger partial charge in [-0.2, -0.15) is 9.64 Å². The van der Waals surface area contributed by atoms with Crippen LogP contribution in [-0.2, 0) is 0 Å². The monoisotopic (exact) mass is 359 g/mol. The molecule has 0 atom stereocenters. The molecule has 0 amide bonds. The van der Waals surface area contributed by atoms with E-state index in [1.807, 2.05) is 49.4 Å². The first-order chi connectivity index (χ1) is 12.7. The van der Waals surface area contributed by atoms with Crippen molar-refractivity contribution in [3.63, 3.8) is 0 Å². The van der Waals surface area contributed by atoms with Crippen LogP contribution in [0.5, 0.6) is 5.75 Å². The SMILES string of the molecule is COc1ccc(-c2c(-c3c(C)nsc3C)n(C#N)c3ccccc23)cc1. The van der Waals surface area contributed by atoms with Crippen LogP contribution in [-0.4, -0.2) is 16.1 Å². The number of aromatic nitrogens is 2. The number of rotatable bonds is 3. The smallest absolute Gasteiger partial charge is 0.189 e. The maximum absolute atomic E-state index is 9.92. The molecule has 26 heavy (non-hydrogen) atoms. The summed E-state index contributed by atoms with van der Waals surface area (Å²) in [4.78, 5) is 1.11. The molecular formula is C21H17N3OS. The van der Waals surface area contributed by atoms with Crippen molar-refractivity contribution >= 4 is 22.4 Å². The van der Waals surface area contributed by atoms with Crippen LogP contribution in [0.4, 0.5) is 0 Å². The molecule has 0 aliphatic rings. The number of nitriles is 1. The van der Waals surface area contributed by atoms with Gasteiger partial charge in [0.25, 0.3) is 0 Å². The van der Waals surface area contributed by atoms with Crippen molar-refractivity contribution in [1.82, 2.24) is 8.94 Å². The van der Waals surface area contributed by atoms with Gasteiger partial charge in [0, 0.05) is 21.4 Å². The van der Waals surface area contributed by atoms with Crippen molar-refractivity contribution in [2.75, 3.05) is 7.11 Å². The third-order valence-electron chi connectivity index (χ3n) is 4.62. The van der Waals surface area contributed by atoms with Crippen LogP contribution in [0, 0.1) is 25.3 Å². The summed E-state index contributed by atoms with van der Waals surface area (Å²) < 4.78 is 11.5. The van der Waals surface area contributed by atoms with E-state index in [-0.39, 0.29) is 0 Å². The predicted molar refractivity (Wildman–Crippen MR) is 106 cm³/mol. The molecule has 0 N–H and O–H groups in total. The summed E-state index contributed by atoms with van der Waals surface area (Å²) in [6.45, 7) is 4.05. The van der Waals surface area contributed by atoms with E-state index < -0.39 is 0 Å². The largest absolute Gasteiger partial charge is 0.497 e. The average Bonchev–Trinajstić information content (AvgIpc) is 3.17. The summed E-state index contributed by atoms with van der Waals surface area (Å²) >= 11 is 1.47. The highest BCUT2D eigenvalue weighted by Gasteiger charge is 2.23. The minimum absolute atomic E-state index is 0.809. The highest BCUT2D eigenvalue weighted by molar-refractivity contribution is 7.06. The number of fused-ring (bicyclic) bond motifs is 1. The van der Waals surface area contributed by atoms with Gasteiger partial charge in [-0.3, -0.25) is 0 Å². The second-order valence-electron chi connectivity index (χ2n) is 6.10. The third kappa shape index (κ3) is 2.39. The van der Waals surface area contributed by atoms with Gasteiger partial charge in [-0.05, 0) is 49.1 Å². The quantitative estimate of drug-likeness (QED) is 0.493. The summed E-state index contributed by atoms with van der Waals surface area (Å²) in [6, 6.07) is 16.0. The van der Waals surface area contributed by atoms with Crippen LogP contribution in [0.25, 0.3) is 33.3 Å².